The van der Waals surface area contributed by atoms with Gasteiger partial charge in [-0.3, -0.25) is 0 Å². The van der Waals surface area contributed by atoms with Crippen LogP contribution in [0.4, 0.5) is 34.1 Å². The third kappa shape index (κ3) is 10.0. The maximum absolute atomic E-state index is 2.57. The highest BCUT2D eigenvalue weighted by atomic mass is 15.1. The highest BCUT2D eigenvalue weighted by molar-refractivity contribution is 6.23. The molecule has 2 aliphatic rings. The van der Waals surface area contributed by atoms with Gasteiger partial charge in [-0.05, 0) is 235 Å². The molecule has 0 amide bonds. The summed E-state index contributed by atoms with van der Waals surface area (Å²) in [5, 5.41) is 6.92. The largest absolute Gasteiger partial charge is 0.310 e. The van der Waals surface area contributed by atoms with Crippen molar-refractivity contribution < 1.29 is 0 Å². The summed E-state index contributed by atoms with van der Waals surface area (Å²) in [6.07, 6.45) is 0. The van der Waals surface area contributed by atoms with Gasteiger partial charge in [0.25, 0.3) is 0 Å². The van der Waals surface area contributed by atoms with Crippen LogP contribution in [0.2, 0.25) is 0 Å². The molecule has 2 nitrogen and oxygen atoms in total. The average molecular weight is 1350 g/mol. The second-order valence-corrected chi connectivity index (χ2v) is 28.2. The number of hydrogen-bond donors (Lipinski definition) is 0. The van der Waals surface area contributed by atoms with Crippen molar-refractivity contribution in [2.45, 2.75) is 10.8 Å². The van der Waals surface area contributed by atoms with Gasteiger partial charge in [0.1, 0.15) is 0 Å². The summed E-state index contributed by atoms with van der Waals surface area (Å²) in [7, 11) is 0. The van der Waals surface area contributed by atoms with Crippen LogP contribution in [0.25, 0.3) is 99.1 Å². The molecule has 0 unspecified atom stereocenters. The van der Waals surface area contributed by atoms with Gasteiger partial charge in [-0.15, -0.1) is 0 Å². The van der Waals surface area contributed by atoms with E-state index in [4.69, 9.17) is 0 Å². The molecule has 2 aliphatic carbocycles. The quantitative estimate of drug-likeness (QED) is 0.100. The zero-order valence-electron chi connectivity index (χ0n) is 58.3. The third-order valence-corrected chi connectivity index (χ3v) is 22.5. The van der Waals surface area contributed by atoms with Gasteiger partial charge in [-0.25, -0.2) is 0 Å². The second kappa shape index (κ2) is 25.7. The lowest BCUT2D eigenvalue weighted by atomic mass is 9.67. The minimum absolute atomic E-state index is 0.649. The third-order valence-electron chi connectivity index (χ3n) is 22.5. The minimum Gasteiger partial charge on any atom is -0.310 e. The fraction of sp³-hybridized carbons (Fsp3) is 0.0192. The van der Waals surface area contributed by atoms with Gasteiger partial charge in [0.05, 0.1) is 10.8 Å². The Labute approximate surface area is 619 Å². The molecule has 0 heterocycles. The minimum atomic E-state index is -0.652. The average Bonchev–Trinajstić information content (AvgIpc) is 1.52. The van der Waals surface area contributed by atoms with E-state index in [1.54, 1.807) is 0 Å². The summed E-state index contributed by atoms with van der Waals surface area (Å²) in [4.78, 5) is 4.93. The van der Waals surface area contributed by atoms with Crippen molar-refractivity contribution in [3.8, 4) is 66.8 Å². The van der Waals surface area contributed by atoms with E-state index in [2.05, 4.69) is 434 Å². The van der Waals surface area contributed by atoms with E-state index in [1.807, 2.05) is 0 Å². The van der Waals surface area contributed by atoms with E-state index in [0.717, 1.165) is 100 Å². The molecule has 0 radical (unpaired) electrons. The first-order valence-corrected chi connectivity index (χ1v) is 36.8. The van der Waals surface area contributed by atoms with Crippen LogP contribution < -0.4 is 9.80 Å². The Bertz CT molecular complexity index is 6220. The van der Waals surface area contributed by atoms with Crippen LogP contribution in [0.3, 0.4) is 0 Å². The molecule has 106 heavy (non-hydrogen) atoms. The van der Waals surface area contributed by atoms with Crippen LogP contribution in [0.1, 0.15) is 44.5 Å². The first-order valence-electron chi connectivity index (χ1n) is 36.8. The summed E-state index contributed by atoms with van der Waals surface area (Å²) >= 11 is 0. The lowest BCUT2D eigenvalue weighted by Crippen LogP contribution is -2.28. The Kier molecular flexibility index (Phi) is 15.1. The van der Waals surface area contributed by atoms with Gasteiger partial charge in [-0.2, -0.15) is 0 Å². The standard InChI is InChI=1S/C104H70N2/c1-9-31-71(32-10-1)77-63-78(72-33-11-2-12-34-72)66-88(65-77)106(84-47-23-8-24-48-84)87-58-62-94-96(70-87)102(76-55-60-92-90-50-28-30-52-98(90)104(100(92)68-76,81-41-17-5-18-42-81)82-43-19-6-20-44-82)93-61-57-86(105(83-45-21-7-22-46-83)85-56-53-73-35-25-26-36-74(73)64-85)69-95(93)101(94)75-54-59-91-89-49-27-29-51-97(89)103(99(91)67-75,79-37-13-3-14-38-79)80-39-15-4-16-40-80/h1-70H. The van der Waals surface area contributed by atoms with Gasteiger partial charge in [-0.1, -0.05) is 334 Å². The van der Waals surface area contributed by atoms with Crippen LogP contribution in [-0.4, -0.2) is 0 Å². The van der Waals surface area contributed by atoms with E-state index in [1.165, 1.54) is 77.5 Å². The lowest BCUT2D eigenvalue weighted by molar-refractivity contribution is 0.769. The van der Waals surface area contributed by atoms with E-state index in [-0.39, 0.29) is 0 Å². The molecule has 0 N–H and O–H groups in total. The molecule has 0 spiro atoms. The predicted octanol–water partition coefficient (Wildman–Crippen LogP) is 27.5. The van der Waals surface area contributed by atoms with Gasteiger partial charge < -0.3 is 9.80 Å². The van der Waals surface area contributed by atoms with Crippen LogP contribution in [0.15, 0.2) is 425 Å². The molecule has 496 valence electrons. The van der Waals surface area contributed by atoms with Gasteiger partial charge in [0, 0.05) is 34.1 Å². The summed E-state index contributed by atoms with van der Waals surface area (Å²) in [5.74, 6) is 0. The summed E-state index contributed by atoms with van der Waals surface area (Å²) < 4.78 is 0. The summed E-state index contributed by atoms with van der Waals surface area (Å²) in [6, 6.07) is 159. The van der Waals surface area contributed by atoms with Crippen LogP contribution >= 0.6 is 0 Å². The number of hydrogen-bond acceptors (Lipinski definition) is 2. The molecular weight excluding hydrogens is 1280 g/mol. The number of anilines is 6. The monoisotopic (exact) mass is 1350 g/mol. The first kappa shape index (κ1) is 62.1. The molecule has 0 bridgehead atoms. The van der Waals surface area contributed by atoms with Crippen molar-refractivity contribution in [2.75, 3.05) is 9.80 Å². The van der Waals surface area contributed by atoms with Crippen molar-refractivity contribution in [3.05, 3.63) is 469 Å². The second-order valence-electron chi connectivity index (χ2n) is 28.2. The molecule has 20 rings (SSSR count). The Balaban J connectivity index is 0.932. The van der Waals surface area contributed by atoms with E-state index >= 15 is 0 Å². The van der Waals surface area contributed by atoms with E-state index in [0.29, 0.717) is 0 Å². The zero-order chi connectivity index (χ0) is 70.1. The van der Waals surface area contributed by atoms with Crippen molar-refractivity contribution in [1.82, 2.24) is 0 Å². The fourth-order valence-corrected chi connectivity index (χ4v) is 18.0. The normalized spacial score (nSPS) is 12.9. The molecule has 18 aromatic carbocycles. The maximum atomic E-state index is 2.57. The lowest BCUT2D eigenvalue weighted by Gasteiger charge is -2.34. The molecule has 0 saturated heterocycles. The molecule has 2 heteroatoms. The number of nitrogens with zero attached hydrogens (tertiary/aromatic N) is 2. The van der Waals surface area contributed by atoms with E-state index in [9.17, 15) is 0 Å². The molecule has 0 saturated carbocycles. The van der Waals surface area contributed by atoms with Crippen molar-refractivity contribution >= 4 is 66.4 Å². The van der Waals surface area contributed by atoms with Gasteiger partial charge >= 0.3 is 0 Å². The Morgan fingerprint density at radius 1 is 0.160 bits per heavy atom. The van der Waals surface area contributed by atoms with Crippen LogP contribution in [0.5, 0.6) is 0 Å². The van der Waals surface area contributed by atoms with Crippen LogP contribution in [-0.2, 0) is 10.8 Å². The topological polar surface area (TPSA) is 6.48 Å². The molecule has 0 aromatic heterocycles. The SMILES string of the molecule is c1ccc(-c2cc(-c3ccccc3)cc(N(c3ccccc3)c3ccc4c(-c5ccc6c(c5)C(c5ccccc5)(c5ccccc5)c5ccccc5-6)c5cc(N(c6ccccc6)c6ccc7ccccc7c6)ccc5c(-c5ccc6c(c5)C(c5ccccc5)(c5ccccc5)c5ccccc5-6)c4c3)c2)cc1. The van der Waals surface area contributed by atoms with E-state index < -0.39 is 10.8 Å². The number of para-hydroxylation sites is 2. The summed E-state index contributed by atoms with van der Waals surface area (Å²) in [5.41, 5.74) is 29.1. The smallest absolute Gasteiger partial charge is 0.0713 e. The Morgan fingerprint density at radius 3 is 0.915 bits per heavy atom. The number of fused-ring (bicyclic) bond motifs is 9. The Hall–Kier alpha value is -13.7. The van der Waals surface area contributed by atoms with Crippen molar-refractivity contribution in [3.63, 3.8) is 0 Å². The van der Waals surface area contributed by atoms with Crippen molar-refractivity contribution in [2.24, 2.45) is 0 Å². The fourth-order valence-electron chi connectivity index (χ4n) is 18.0. The number of rotatable bonds is 14. The molecule has 0 atom stereocenters. The van der Waals surface area contributed by atoms with Crippen molar-refractivity contribution in [1.29, 1.82) is 0 Å². The van der Waals surface area contributed by atoms with Crippen LogP contribution in [0, 0.1) is 0 Å². The zero-order valence-corrected chi connectivity index (χ0v) is 58.3. The molecular formula is C104H70N2. The predicted molar refractivity (Wildman–Crippen MR) is 445 cm³/mol. The van der Waals surface area contributed by atoms with Gasteiger partial charge in [0.2, 0.25) is 0 Å². The molecule has 0 fully saturated rings. The number of benzene rings is 18. The Morgan fingerprint density at radius 2 is 0.491 bits per heavy atom. The first-order chi connectivity index (χ1) is 52.6. The highest BCUT2D eigenvalue weighted by Gasteiger charge is 2.48. The molecule has 18 aromatic rings. The molecule has 0 aliphatic heterocycles. The summed E-state index contributed by atoms with van der Waals surface area (Å²) in [6.45, 7) is 0. The van der Waals surface area contributed by atoms with Gasteiger partial charge in [0.15, 0.2) is 0 Å². The highest BCUT2D eigenvalue weighted by Crippen LogP contribution is 2.60. The maximum Gasteiger partial charge on any atom is 0.0713 e.